The number of nitrogens with zero attached hydrogens (tertiary/aromatic N) is 4. The molecule has 2 aromatic carbocycles. The lowest BCUT2D eigenvalue weighted by molar-refractivity contribution is 0.355. The number of benzene rings is 2. The van der Waals surface area contributed by atoms with Gasteiger partial charge >= 0.3 is 0 Å². The van der Waals surface area contributed by atoms with Crippen molar-refractivity contribution in [3.8, 4) is 11.5 Å². The molecular formula is C25H25N7O2. The van der Waals surface area contributed by atoms with Gasteiger partial charge in [0.15, 0.2) is 17.3 Å². The summed E-state index contributed by atoms with van der Waals surface area (Å²) in [5.74, 6) is 2.76. The van der Waals surface area contributed by atoms with E-state index in [-0.39, 0.29) is 0 Å². The van der Waals surface area contributed by atoms with Crippen molar-refractivity contribution >= 4 is 34.7 Å². The van der Waals surface area contributed by atoms with Crippen LogP contribution < -0.4 is 25.5 Å². The van der Waals surface area contributed by atoms with E-state index in [1.807, 2.05) is 67.6 Å². The van der Waals surface area contributed by atoms with E-state index in [1.54, 1.807) is 32.7 Å². The van der Waals surface area contributed by atoms with Crippen LogP contribution in [0.15, 0.2) is 84.2 Å². The lowest BCUT2D eigenvalue weighted by Gasteiger charge is -2.13. The Labute approximate surface area is 197 Å². The van der Waals surface area contributed by atoms with Gasteiger partial charge in [-0.1, -0.05) is 18.2 Å². The van der Waals surface area contributed by atoms with Gasteiger partial charge in [0.25, 0.3) is 0 Å². The lowest BCUT2D eigenvalue weighted by Crippen LogP contribution is -2.06. The highest BCUT2D eigenvalue weighted by Crippen LogP contribution is 2.31. The Morgan fingerprint density at radius 2 is 1.50 bits per heavy atom. The molecule has 0 unspecified atom stereocenters. The molecule has 9 nitrogen and oxygen atoms in total. The van der Waals surface area contributed by atoms with E-state index in [0.29, 0.717) is 29.1 Å². The Hall–Kier alpha value is -4.66. The maximum Gasteiger partial charge on any atom is 0.231 e. The van der Waals surface area contributed by atoms with E-state index in [2.05, 4.69) is 36.1 Å². The number of hydrazone groups is 1. The summed E-state index contributed by atoms with van der Waals surface area (Å²) in [6, 6.07) is 20.8. The van der Waals surface area contributed by atoms with E-state index in [0.717, 1.165) is 22.6 Å². The molecule has 0 aliphatic rings. The first-order valence-corrected chi connectivity index (χ1v) is 10.6. The monoisotopic (exact) mass is 455 g/mol. The molecule has 0 aliphatic heterocycles. The summed E-state index contributed by atoms with van der Waals surface area (Å²) in [6.07, 6.45) is 3.46. The molecule has 2 heterocycles. The number of hydrogen-bond donors (Lipinski definition) is 3. The van der Waals surface area contributed by atoms with Crippen molar-refractivity contribution in [1.82, 2.24) is 15.0 Å². The molecule has 34 heavy (non-hydrogen) atoms. The Bertz CT molecular complexity index is 1270. The summed E-state index contributed by atoms with van der Waals surface area (Å²) in [7, 11) is 3.20. The number of methoxy groups -OCH3 is 2. The van der Waals surface area contributed by atoms with E-state index in [4.69, 9.17) is 9.47 Å². The third-order valence-electron chi connectivity index (χ3n) is 4.85. The van der Waals surface area contributed by atoms with Crippen LogP contribution in [0.4, 0.5) is 29.0 Å². The first-order valence-electron chi connectivity index (χ1n) is 10.6. The summed E-state index contributed by atoms with van der Waals surface area (Å²) in [4.78, 5) is 13.2. The summed E-state index contributed by atoms with van der Waals surface area (Å²) >= 11 is 0. The zero-order chi connectivity index (χ0) is 23.8. The maximum absolute atomic E-state index is 5.40. The van der Waals surface area contributed by atoms with E-state index in [9.17, 15) is 0 Å². The number of ether oxygens (including phenoxy) is 2. The third-order valence-corrected chi connectivity index (χ3v) is 4.85. The topological polar surface area (TPSA) is 106 Å². The molecule has 0 aliphatic carbocycles. The van der Waals surface area contributed by atoms with Gasteiger partial charge in [-0.2, -0.15) is 15.1 Å². The Kier molecular flexibility index (Phi) is 7.14. The van der Waals surface area contributed by atoms with Crippen molar-refractivity contribution in [3.63, 3.8) is 0 Å². The molecule has 4 aromatic rings. The van der Waals surface area contributed by atoms with Crippen LogP contribution in [0.25, 0.3) is 0 Å². The van der Waals surface area contributed by atoms with Crippen LogP contribution in [0.1, 0.15) is 12.5 Å². The minimum absolute atomic E-state index is 0.413. The summed E-state index contributed by atoms with van der Waals surface area (Å²) in [6.45, 7) is 1.91. The van der Waals surface area contributed by atoms with Gasteiger partial charge in [-0.25, -0.2) is 0 Å². The molecule has 0 bridgehead atoms. The van der Waals surface area contributed by atoms with E-state index in [1.165, 1.54) is 0 Å². The maximum atomic E-state index is 5.40. The smallest absolute Gasteiger partial charge is 0.231 e. The van der Waals surface area contributed by atoms with Crippen molar-refractivity contribution in [2.75, 3.05) is 30.3 Å². The molecule has 0 atom stereocenters. The predicted octanol–water partition coefficient (Wildman–Crippen LogP) is 5.21. The van der Waals surface area contributed by atoms with E-state index >= 15 is 0 Å². The van der Waals surface area contributed by atoms with Gasteiger partial charge in [-0.3, -0.25) is 10.4 Å². The number of rotatable bonds is 9. The van der Waals surface area contributed by atoms with Crippen molar-refractivity contribution in [2.45, 2.75) is 6.92 Å². The standard InChI is InChI=1S/C25H25N7O2/c1-17(18-11-13-26-14-12-18)31-32-24-16-23(27-20-9-10-21(33-2)22(15-20)34-3)29-25(30-24)28-19-7-5-4-6-8-19/h4-16H,1-3H3,(H3,27,28,29,30,32). The highest BCUT2D eigenvalue weighted by atomic mass is 16.5. The summed E-state index contributed by atoms with van der Waals surface area (Å²) in [5.41, 5.74) is 6.44. The predicted molar refractivity (Wildman–Crippen MR) is 135 cm³/mol. The fraction of sp³-hybridized carbons (Fsp3) is 0.120. The number of aromatic nitrogens is 3. The van der Waals surface area contributed by atoms with Crippen molar-refractivity contribution in [2.24, 2.45) is 5.10 Å². The minimum atomic E-state index is 0.413. The quantitative estimate of drug-likeness (QED) is 0.233. The largest absolute Gasteiger partial charge is 0.493 e. The molecule has 0 spiro atoms. The Morgan fingerprint density at radius 1 is 0.765 bits per heavy atom. The van der Waals surface area contributed by atoms with E-state index < -0.39 is 0 Å². The average Bonchev–Trinajstić information content (AvgIpc) is 2.88. The van der Waals surface area contributed by atoms with Crippen LogP contribution in [0, 0.1) is 0 Å². The molecule has 0 amide bonds. The number of para-hydroxylation sites is 1. The zero-order valence-electron chi connectivity index (χ0n) is 19.1. The van der Waals surface area contributed by atoms with Crippen LogP contribution in [0.5, 0.6) is 11.5 Å². The highest BCUT2D eigenvalue weighted by Gasteiger charge is 2.09. The van der Waals surface area contributed by atoms with Crippen molar-refractivity contribution in [3.05, 3.63) is 84.7 Å². The first-order chi connectivity index (χ1) is 16.6. The SMILES string of the molecule is COc1ccc(Nc2cc(NN=C(C)c3ccncc3)nc(Nc3ccccc3)n2)cc1OC. The number of nitrogens with one attached hydrogen (secondary N) is 3. The van der Waals surface area contributed by atoms with Crippen molar-refractivity contribution in [1.29, 1.82) is 0 Å². The minimum Gasteiger partial charge on any atom is -0.493 e. The molecule has 0 saturated heterocycles. The molecule has 0 fully saturated rings. The van der Waals surface area contributed by atoms with Crippen LogP contribution in [-0.2, 0) is 0 Å². The molecule has 0 saturated carbocycles. The van der Waals surface area contributed by atoms with Gasteiger partial charge in [0.05, 0.1) is 19.9 Å². The van der Waals surface area contributed by atoms with Gasteiger partial charge < -0.3 is 20.1 Å². The van der Waals surface area contributed by atoms with Crippen LogP contribution >= 0.6 is 0 Å². The molecule has 172 valence electrons. The molecule has 2 aromatic heterocycles. The number of hydrogen-bond acceptors (Lipinski definition) is 9. The molecular weight excluding hydrogens is 430 g/mol. The fourth-order valence-electron chi connectivity index (χ4n) is 3.14. The van der Waals surface area contributed by atoms with Gasteiger partial charge in [0, 0.05) is 41.5 Å². The summed E-state index contributed by atoms with van der Waals surface area (Å²) in [5, 5.41) is 11.0. The van der Waals surface area contributed by atoms with Gasteiger partial charge in [0.1, 0.15) is 5.82 Å². The lowest BCUT2D eigenvalue weighted by atomic mass is 10.2. The second-order valence-electron chi connectivity index (χ2n) is 7.19. The Balaban J connectivity index is 1.63. The second kappa shape index (κ2) is 10.8. The normalized spacial score (nSPS) is 11.0. The fourth-order valence-corrected chi connectivity index (χ4v) is 3.14. The van der Waals surface area contributed by atoms with Gasteiger partial charge in [0.2, 0.25) is 5.95 Å². The average molecular weight is 456 g/mol. The highest BCUT2D eigenvalue weighted by molar-refractivity contribution is 5.98. The number of anilines is 5. The Morgan fingerprint density at radius 3 is 2.24 bits per heavy atom. The van der Waals surface area contributed by atoms with Gasteiger partial charge in [-0.05, 0) is 43.3 Å². The molecule has 3 N–H and O–H groups in total. The first kappa shape index (κ1) is 22.5. The van der Waals surface area contributed by atoms with Crippen LogP contribution in [0.3, 0.4) is 0 Å². The number of pyridine rings is 1. The summed E-state index contributed by atoms with van der Waals surface area (Å²) < 4.78 is 10.7. The second-order valence-corrected chi connectivity index (χ2v) is 7.19. The van der Waals surface area contributed by atoms with Crippen LogP contribution in [-0.4, -0.2) is 34.9 Å². The molecule has 9 heteroatoms. The zero-order valence-corrected chi connectivity index (χ0v) is 19.1. The molecule has 0 radical (unpaired) electrons. The van der Waals surface area contributed by atoms with Crippen LogP contribution in [0.2, 0.25) is 0 Å². The van der Waals surface area contributed by atoms with Gasteiger partial charge in [-0.15, -0.1) is 0 Å². The van der Waals surface area contributed by atoms with Crippen molar-refractivity contribution < 1.29 is 9.47 Å². The third kappa shape index (κ3) is 5.77. The molecule has 4 rings (SSSR count).